The van der Waals surface area contributed by atoms with E-state index in [9.17, 15) is 9.18 Å². The van der Waals surface area contributed by atoms with E-state index in [-0.39, 0.29) is 24.1 Å². The predicted molar refractivity (Wildman–Crippen MR) is 56.5 cm³/mol. The molecule has 0 saturated heterocycles. The van der Waals surface area contributed by atoms with E-state index in [1.54, 1.807) is 6.92 Å². The first kappa shape index (κ1) is 11.7. The van der Waals surface area contributed by atoms with Crippen LogP contribution < -0.4 is 4.74 Å². The fraction of sp³-hybridized carbons (Fsp3) is 0.417. The molecule has 0 aromatic heterocycles. The zero-order valence-electron chi connectivity index (χ0n) is 9.21. The van der Waals surface area contributed by atoms with Gasteiger partial charge in [0.2, 0.25) is 0 Å². The molecular weight excluding hydrogens is 195 g/mol. The Kier molecular flexibility index (Phi) is 3.83. The molecule has 2 nitrogen and oxygen atoms in total. The maximum absolute atomic E-state index is 12.8. The average Bonchev–Trinajstić information content (AvgIpc) is 2.15. The predicted octanol–water partition coefficient (Wildman–Crippen LogP) is 2.74. The highest BCUT2D eigenvalue weighted by Crippen LogP contribution is 2.18. The monoisotopic (exact) mass is 210 g/mol. The van der Waals surface area contributed by atoms with Crippen LogP contribution in [0.4, 0.5) is 4.39 Å². The molecule has 3 heteroatoms. The van der Waals surface area contributed by atoms with Gasteiger partial charge in [-0.25, -0.2) is 4.39 Å². The third-order valence-electron chi connectivity index (χ3n) is 2.15. The first-order valence-corrected chi connectivity index (χ1v) is 4.92. The third-order valence-corrected chi connectivity index (χ3v) is 2.15. The quantitative estimate of drug-likeness (QED) is 0.763. The molecule has 82 valence electrons. The number of rotatable bonds is 4. The molecule has 15 heavy (non-hydrogen) atoms. The maximum atomic E-state index is 12.8. The van der Waals surface area contributed by atoms with E-state index < -0.39 is 0 Å². The molecule has 0 fully saturated rings. The lowest BCUT2D eigenvalue weighted by Gasteiger charge is -2.09. The highest BCUT2D eigenvalue weighted by molar-refractivity contribution is 5.81. The van der Waals surface area contributed by atoms with Gasteiger partial charge in [-0.05, 0) is 30.7 Å². The Balaban J connectivity index is 2.62. The van der Waals surface area contributed by atoms with Gasteiger partial charge in [-0.2, -0.15) is 0 Å². The second kappa shape index (κ2) is 4.91. The van der Waals surface area contributed by atoms with Crippen molar-refractivity contribution in [3.8, 4) is 5.75 Å². The Morgan fingerprint density at radius 2 is 2.13 bits per heavy atom. The van der Waals surface area contributed by atoms with Crippen molar-refractivity contribution in [2.24, 2.45) is 5.92 Å². The molecule has 0 aliphatic carbocycles. The topological polar surface area (TPSA) is 26.3 Å². The van der Waals surface area contributed by atoms with Crippen LogP contribution in [0.5, 0.6) is 5.75 Å². The number of Topliss-reactive ketones (excluding diaryl/α,β-unsaturated/α-hetero) is 1. The van der Waals surface area contributed by atoms with Crippen molar-refractivity contribution in [1.82, 2.24) is 0 Å². The van der Waals surface area contributed by atoms with Gasteiger partial charge in [0, 0.05) is 5.92 Å². The molecule has 0 amide bonds. The summed E-state index contributed by atoms with van der Waals surface area (Å²) in [6.45, 7) is 5.44. The molecule has 0 aliphatic rings. The number of carbonyl (C=O) groups is 1. The van der Waals surface area contributed by atoms with Crippen LogP contribution in [0.15, 0.2) is 18.2 Å². The van der Waals surface area contributed by atoms with Crippen molar-refractivity contribution >= 4 is 5.78 Å². The van der Waals surface area contributed by atoms with Crippen LogP contribution in [0.25, 0.3) is 0 Å². The summed E-state index contributed by atoms with van der Waals surface area (Å²) >= 11 is 0. The van der Waals surface area contributed by atoms with Crippen LogP contribution in [-0.2, 0) is 4.79 Å². The zero-order valence-corrected chi connectivity index (χ0v) is 9.21. The summed E-state index contributed by atoms with van der Waals surface area (Å²) in [6.07, 6.45) is 0. The van der Waals surface area contributed by atoms with Gasteiger partial charge >= 0.3 is 0 Å². The second-order valence-electron chi connectivity index (χ2n) is 3.82. The van der Waals surface area contributed by atoms with Crippen LogP contribution in [0.3, 0.4) is 0 Å². The second-order valence-corrected chi connectivity index (χ2v) is 3.82. The zero-order chi connectivity index (χ0) is 11.4. The van der Waals surface area contributed by atoms with Gasteiger partial charge in [0.25, 0.3) is 0 Å². The fourth-order valence-electron chi connectivity index (χ4n) is 1.09. The molecule has 0 bridgehead atoms. The Hall–Kier alpha value is -1.38. The summed E-state index contributed by atoms with van der Waals surface area (Å²) in [7, 11) is 0. The number of ketones is 1. The molecule has 1 aromatic carbocycles. The van der Waals surface area contributed by atoms with Crippen molar-refractivity contribution in [1.29, 1.82) is 0 Å². The molecule has 1 aromatic rings. The highest BCUT2D eigenvalue weighted by Gasteiger charge is 2.09. The van der Waals surface area contributed by atoms with Crippen LogP contribution in [0.1, 0.15) is 19.4 Å². The molecule has 1 rings (SSSR count). The molecule has 0 aliphatic heterocycles. The van der Waals surface area contributed by atoms with Gasteiger partial charge < -0.3 is 4.74 Å². The van der Waals surface area contributed by atoms with Crippen molar-refractivity contribution in [3.63, 3.8) is 0 Å². The molecule has 0 radical (unpaired) electrons. The van der Waals surface area contributed by atoms with Crippen molar-refractivity contribution in [2.45, 2.75) is 20.8 Å². The number of hydrogen-bond donors (Lipinski definition) is 0. The van der Waals surface area contributed by atoms with E-state index in [0.29, 0.717) is 11.3 Å². The van der Waals surface area contributed by atoms with Crippen molar-refractivity contribution in [3.05, 3.63) is 29.6 Å². The molecule has 0 atom stereocenters. The molecule has 0 N–H and O–H groups in total. The summed E-state index contributed by atoms with van der Waals surface area (Å²) in [5.74, 6) is 0.268. The fourth-order valence-corrected chi connectivity index (χ4v) is 1.09. The first-order chi connectivity index (χ1) is 7.00. The lowest BCUT2D eigenvalue weighted by atomic mass is 10.1. The lowest BCUT2D eigenvalue weighted by molar-refractivity contribution is -0.123. The Labute approximate surface area is 89.1 Å². The minimum atomic E-state index is -0.296. The molecular formula is C12H15FO2. The minimum absolute atomic E-state index is 0.0363. The summed E-state index contributed by atoms with van der Waals surface area (Å²) in [5, 5.41) is 0. The molecule has 0 heterocycles. The van der Waals surface area contributed by atoms with Gasteiger partial charge in [-0.1, -0.05) is 13.8 Å². The highest BCUT2D eigenvalue weighted by atomic mass is 19.1. The minimum Gasteiger partial charge on any atom is -0.486 e. The standard InChI is InChI=1S/C12H15FO2/c1-8(2)11(14)7-15-12-5-4-10(13)6-9(12)3/h4-6,8H,7H2,1-3H3. The van der Waals surface area contributed by atoms with E-state index in [0.717, 1.165) is 0 Å². The van der Waals surface area contributed by atoms with E-state index in [1.165, 1.54) is 18.2 Å². The van der Waals surface area contributed by atoms with E-state index in [1.807, 2.05) is 13.8 Å². The third kappa shape index (κ3) is 3.35. The molecule has 0 saturated carbocycles. The number of halogens is 1. The van der Waals surface area contributed by atoms with E-state index >= 15 is 0 Å². The molecule has 0 spiro atoms. The van der Waals surface area contributed by atoms with Gasteiger partial charge in [0.15, 0.2) is 5.78 Å². The SMILES string of the molecule is Cc1cc(F)ccc1OCC(=O)C(C)C. The summed E-state index contributed by atoms with van der Waals surface area (Å²) in [4.78, 5) is 11.3. The van der Waals surface area contributed by atoms with E-state index in [2.05, 4.69) is 0 Å². The van der Waals surface area contributed by atoms with Gasteiger partial charge in [-0.3, -0.25) is 4.79 Å². The number of carbonyl (C=O) groups excluding carboxylic acids is 1. The number of hydrogen-bond acceptors (Lipinski definition) is 2. The Morgan fingerprint density at radius 1 is 1.47 bits per heavy atom. The Bertz CT molecular complexity index is 359. The number of benzene rings is 1. The lowest BCUT2D eigenvalue weighted by Crippen LogP contribution is -2.17. The molecule has 0 unspecified atom stereocenters. The number of ether oxygens (including phenoxy) is 1. The van der Waals surface area contributed by atoms with Crippen LogP contribution >= 0.6 is 0 Å². The van der Waals surface area contributed by atoms with Crippen molar-refractivity contribution < 1.29 is 13.9 Å². The van der Waals surface area contributed by atoms with Gasteiger partial charge in [0.1, 0.15) is 18.2 Å². The summed E-state index contributed by atoms with van der Waals surface area (Å²) < 4.78 is 18.1. The number of aryl methyl sites for hydroxylation is 1. The Morgan fingerprint density at radius 3 is 2.67 bits per heavy atom. The first-order valence-electron chi connectivity index (χ1n) is 4.92. The van der Waals surface area contributed by atoms with Crippen LogP contribution in [0, 0.1) is 18.7 Å². The summed E-state index contributed by atoms with van der Waals surface area (Å²) in [6, 6.07) is 4.25. The smallest absolute Gasteiger partial charge is 0.172 e. The van der Waals surface area contributed by atoms with Gasteiger partial charge in [-0.15, -0.1) is 0 Å². The maximum Gasteiger partial charge on any atom is 0.172 e. The van der Waals surface area contributed by atoms with Crippen molar-refractivity contribution in [2.75, 3.05) is 6.61 Å². The van der Waals surface area contributed by atoms with Gasteiger partial charge in [0.05, 0.1) is 0 Å². The summed E-state index contributed by atoms with van der Waals surface area (Å²) in [5.41, 5.74) is 0.701. The largest absolute Gasteiger partial charge is 0.486 e. The normalized spacial score (nSPS) is 10.5. The van der Waals surface area contributed by atoms with Crippen LogP contribution in [-0.4, -0.2) is 12.4 Å². The van der Waals surface area contributed by atoms with E-state index in [4.69, 9.17) is 4.74 Å². The average molecular weight is 210 g/mol. The van der Waals surface area contributed by atoms with Crippen LogP contribution in [0.2, 0.25) is 0 Å².